The van der Waals surface area contributed by atoms with Gasteiger partial charge in [0.05, 0.1) is 7.11 Å². The van der Waals surface area contributed by atoms with Crippen LogP contribution in [0.2, 0.25) is 5.02 Å². The van der Waals surface area contributed by atoms with Crippen LogP contribution in [0.4, 0.5) is 5.13 Å². The molecule has 0 spiro atoms. The molecule has 0 radical (unpaired) electrons. The number of hydrogen-bond donors (Lipinski definition) is 2. The van der Waals surface area contributed by atoms with Crippen molar-refractivity contribution in [2.24, 2.45) is 0 Å². The normalized spacial score (nSPS) is 11.4. The smallest absolute Gasteiger partial charge is 0.267 e. The molecule has 0 amide bonds. The summed E-state index contributed by atoms with van der Waals surface area (Å²) in [5.74, 6) is 0.241. The average molecular weight is 349 g/mol. The number of nitrogens with zero attached hydrogens (tertiary/aromatic N) is 2. The van der Waals surface area contributed by atoms with E-state index in [0.29, 0.717) is 17.1 Å². The largest absolute Gasteiger partial charge is 0.495 e. The number of sulfonamides is 1. The highest BCUT2D eigenvalue weighted by molar-refractivity contribution is 7.93. The summed E-state index contributed by atoms with van der Waals surface area (Å²) in [5.41, 5.74) is 2.07. The maximum Gasteiger partial charge on any atom is 0.267 e. The zero-order valence-corrected chi connectivity index (χ0v) is 13.6. The lowest BCUT2D eigenvalue weighted by Gasteiger charge is -2.14. The molecule has 0 bridgehead atoms. The molecule has 7 nitrogen and oxygen atoms in total. The predicted molar refractivity (Wildman–Crippen MR) is 81.5 cm³/mol. The van der Waals surface area contributed by atoms with Crippen LogP contribution in [-0.2, 0) is 16.6 Å². The lowest BCUT2D eigenvalue weighted by molar-refractivity contribution is 0.396. The number of methoxy groups -OCH3 is 1. The number of aromatic nitrogens is 2. The standard InChI is InChI=1S/C11H13ClN4O3S2/c1-13-5-7-3-8(12)4-9(10(7)19-2)21(17,18)16-11-15-14-6-20-11/h3-4,6,13H,5H2,1-2H3,(H,15,16). The van der Waals surface area contributed by atoms with E-state index in [1.54, 1.807) is 13.1 Å². The summed E-state index contributed by atoms with van der Waals surface area (Å²) in [5, 5.41) is 10.7. The van der Waals surface area contributed by atoms with Crippen LogP contribution in [0.5, 0.6) is 5.75 Å². The van der Waals surface area contributed by atoms with Crippen LogP contribution in [0.3, 0.4) is 0 Å². The van der Waals surface area contributed by atoms with Crippen molar-refractivity contribution >= 4 is 38.1 Å². The molecule has 0 saturated carbocycles. The van der Waals surface area contributed by atoms with Crippen LogP contribution in [0.1, 0.15) is 5.56 Å². The van der Waals surface area contributed by atoms with Gasteiger partial charge in [0.2, 0.25) is 5.13 Å². The highest BCUT2D eigenvalue weighted by Crippen LogP contribution is 2.33. The van der Waals surface area contributed by atoms with Gasteiger partial charge < -0.3 is 10.1 Å². The van der Waals surface area contributed by atoms with Crippen molar-refractivity contribution in [2.75, 3.05) is 18.9 Å². The van der Waals surface area contributed by atoms with Gasteiger partial charge in [-0.25, -0.2) is 8.42 Å². The number of benzene rings is 1. The quantitative estimate of drug-likeness (QED) is 0.825. The number of hydrogen-bond acceptors (Lipinski definition) is 7. The Balaban J connectivity index is 2.51. The summed E-state index contributed by atoms with van der Waals surface area (Å²) in [6.07, 6.45) is 0. The van der Waals surface area contributed by atoms with Gasteiger partial charge in [-0.3, -0.25) is 4.72 Å². The molecule has 0 aliphatic carbocycles. The number of nitrogens with one attached hydrogen (secondary N) is 2. The van der Waals surface area contributed by atoms with E-state index in [9.17, 15) is 8.42 Å². The fraction of sp³-hybridized carbons (Fsp3) is 0.273. The van der Waals surface area contributed by atoms with E-state index < -0.39 is 10.0 Å². The van der Waals surface area contributed by atoms with Gasteiger partial charge in [-0.05, 0) is 19.2 Å². The monoisotopic (exact) mass is 348 g/mol. The van der Waals surface area contributed by atoms with Crippen LogP contribution >= 0.6 is 22.9 Å². The lowest BCUT2D eigenvalue weighted by Crippen LogP contribution is -2.16. The van der Waals surface area contributed by atoms with Crippen LogP contribution in [0, 0.1) is 0 Å². The average Bonchev–Trinajstić information content (AvgIpc) is 2.90. The maximum atomic E-state index is 12.5. The van der Waals surface area contributed by atoms with Crippen LogP contribution in [0.15, 0.2) is 22.5 Å². The predicted octanol–water partition coefficient (Wildman–Crippen LogP) is 1.72. The van der Waals surface area contributed by atoms with E-state index >= 15 is 0 Å². The molecule has 2 rings (SSSR count). The lowest BCUT2D eigenvalue weighted by atomic mass is 10.2. The first kappa shape index (κ1) is 16.0. The second-order valence-corrected chi connectivity index (χ2v) is 6.90. The summed E-state index contributed by atoms with van der Waals surface area (Å²) in [6, 6.07) is 2.99. The van der Waals surface area contributed by atoms with Crippen LogP contribution in [-0.4, -0.2) is 32.8 Å². The van der Waals surface area contributed by atoms with Gasteiger partial charge in [-0.2, -0.15) is 0 Å². The third kappa shape index (κ3) is 3.62. The minimum absolute atomic E-state index is 0.0436. The second kappa shape index (κ2) is 6.56. The van der Waals surface area contributed by atoms with Gasteiger partial charge in [0.25, 0.3) is 10.0 Å². The molecule has 21 heavy (non-hydrogen) atoms. The van der Waals surface area contributed by atoms with Crippen molar-refractivity contribution in [1.82, 2.24) is 15.5 Å². The minimum Gasteiger partial charge on any atom is -0.495 e. The molecule has 0 saturated heterocycles. The summed E-state index contributed by atoms with van der Waals surface area (Å²) in [4.78, 5) is -0.0436. The summed E-state index contributed by atoms with van der Waals surface area (Å²) in [7, 11) is -0.715. The fourth-order valence-electron chi connectivity index (χ4n) is 1.76. The topological polar surface area (TPSA) is 93.2 Å². The first-order chi connectivity index (χ1) is 9.97. The fourth-order valence-corrected chi connectivity index (χ4v) is 4.00. The first-order valence-electron chi connectivity index (χ1n) is 5.78. The maximum absolute atomic E-state index is 12.5. The molecule has 0 atom stereocenters. The Hall–Kier alpha value is -1.42. The molecule has 1 aromatic carbocycles. The van der Waals surface area contributed by atoms with E-state index in [2.05, 4.69) is 20.2 Å². The van der Waals surface area contributed by atoms with Gasteiger partial charge in [0.15, 0.2) is 0 Å². The Morgan fingerprint density at radius 3 is 2.76 bits per heavy atom. The second-order valence-electron chi connectivity index (χ2n) is 3.98. The van der Waals surface area contributed by atoms with Crippen molar-refractivity contribution < 1.29 is 13.2 Å². The van der Waals surface area contributed by atoms with Gasteiger partial charge in [-0.1, -0.05) is 22.9 Å². The Bertz CT molecular complexity index is 719. The van der Waals surface area contributed by atoms with Gasteiger partial charge in [-0.15, -0.1) is 10.2 Å². The van der Waals surface area contributed by atoms with E-state index in [1.807, 2.05) is 0 Å². The molecule has 0 aliphatic heterocycles. The Morgan fingerprint density at radius 2 is 2.19 bits per heavy atom. The summed E-state index contributed by atoms with van der Waals surface area (Å²) < 4.78 is 32.5. The highest BCUT2D eigenvalue weighted by Gasteiger charge is 2.24. The number of ether oxygens (including phenoxy) is 1. The molecule has 10 heteroatoms. The third-order valence-electron chi connectivity index (χ3n) is 2.54. The summed E-state index contributed by atoms with van der Waals surface area (Å²) >= 11 is 7.08. The summed E-state index contributed by atoms with van der Waals surface area (Å²) in [6.45, 7) is 0.422. The molecular weight excluding hydrogens is 336 g/mol. The van der Waals surface area contributed by atoms with Gasteiger partial charge >= 0.3 is 0 Å². The molecule has 2 N–H and O–H groups in total. The van der Waals surface area contributed by atoms with Crippen molar-refractivity contribution in [3.05, 3.63) is 28.2 Å². The third-order valence-corrected chi connectivity index (χ3v) is 4.84. The van der Waals surface area contributed by atoms with Crippen molar-refractivity contribution in [3.8, 4) is 5.75 Å². The molecular formula is C11H13ClN4O3S2. The Labute approximate surface area is 131 Å². The zero-order chi connectivity index (χ0) is 15.5. The molecule has 1 aromatic heterocycles. The van der Waals surface area contributed by atoms with Crippen LogP contribution < -0.4 is 14.8 Å². The number of halogens is 1. The van der Waals surface area contributed by atoms with E-state index in [-0.39, 0.29) is 15.8 Å². The van der Waals surface area contributed by atoms with Crippen molar-refractivity contribution in [2.45, 2.75) is 11.4 Å². The molecule has 0 unspecified atom stereocenters. The van der Waals surface area contributed by atoms with E-state index in [1.165, 1.54) is 18.7 Å². The SMILES string of the molecule is CNCc1cc(Cl)cc(S(=O)(=O)Nc2nncs2)c1OC. The first-order valence-corrected chi connectivity index (χ1v) is 8.52. The highest BCUT2D eigenvalue weighted by atomic mass is 35.5. The van der Waals surface area contributed by atoms with Crippen molar-refractivity contribution in [1.29, 1.82) is 0 Å². The molecule has 1 heterocycles. The molecule has 0 aliphatic rings. The van der Waals surface area contributed by atoms with Crippen LogP contribution in [0.25, 0.3) is 0 Å². The molecule has 2 aromatic rings. The number of anilines is 1. The molecule has 114 valence electrons. The van der Waals surface area contributed by atoms with E-state index in [0.717, 1.165) is 11.3 Å². The van der Waals surface area contributed by atoms with Gasteiger partial charge in [0.1, 0.15) is 16.2 Å². The minimum atomic E-state index is -3.87. The number of rotatable bonds is 6. The molecule has 0 fully saturated rings. The van der Waals surface area contributed by atoms with E-state index in [4.69, 9.17) is 16.3 Å². The zero-order valence-electron chi connectivity index (χ0n) is 11.3. The van der Waals surface area contributed by atoms with Gasteiger partial charge in [0, 0.05) is 17.1 Å². The Morgan fingerprint density at radius 1 is 1.43 bits per heavy atom. The Kier molecular flexibility index (Phi) is 4.99. The van der Waals surface area contributed by atoms with Crippen molar-refractivity contribution in [3.63, 3.8) is 0 Å².